The number of hydroxylamine groups is 2. The number of rotatable bonds is 9. The summed E-state index contributed by atoms with van der Waals surface area (Å²) < 4.78 is 5.13. The minimum absolute atomic E-state index is 0.186. The molecule has 8 nitrogen and oxygen atoms in total. The van der Waals surface area contributed by atoms with Crippen molar-refractivity contribution in [2.75, 3.05) is 27.7 Å². The van der Waals surface area contributed by atoms with E-state index in [-0.39, 0.29) is 25.3 Å². The Labute approximate surface area is 166 Å². The number of benzene rings is 1. The molecule has 0 fully saturated rings. The number of hydrogen-bond acceptors (Lipinski definition) is 5. The molecule has 0 bridgehead atoms. The maximum atomic E-state index is 12.9. The Morgan fingerprint density at radius 1 is 1.21 bits per heavy atom. The van der Waals surface area contributed by atoms with Crippen LogP contribution < -0.4 is 10.1 Å². The first-order valence-electron chi connectivity index (χ1n) is 9.04. The van der Waals surface area contributed by atoms with Crippen LogP contribution in [0, 0.1) is 11.3 Å². The van der Waals surface area contributed by atoms with E-state index in [9.17, 15) is 19.6 Å². The highest BCUT2D eigenvalue weighted by molar-refractivity contribution is 5.89. The molecule has 0 aliphatic rings. The summed E-state index contributed by atoms with van der Waals surface area (Å²) in [4.78, 5) is 37.8. The molecule has 156 valence electrons. The number of likely N-dealkylation sites (N-methyl/N-ethyl adjacent to an activating group) is 1. The van der Waals surface area contributed by atoms with E-state index in [2.05, 4.69) is 5.32 Å². The maximum Gasteiger partial charge on any atom is 0.245 e. The van der Waals surface area contributed by atoms with Crippen LogP contribution in [0.3, 0.4) is 0 Å². The van der Waals surface area contributed by atoms with Crippen molar-refractivity contribution in [2.24, 2.45) is 11.3 Å². The Kier molecular flexibility index (Phi) is 8.43. The molecule has 0 saturated heterocycles. The molecule has 1 aromatic rings. The largest absolute Gasteiger partial charge is 0.497 e. The van der Waals surface area contributed by atoms with Gasteiger partial charge in [0.05, 0.1) is 19.6 Å². The van der Waals surface area contributed by atoms with E-state index < -0.39 is 23.3 Å². The fraction of sp³-hybridized carbons (Fsp3) is 0.550. The molecule has 2 atom stereocenters. The Hall–Kier alpha value is -2.61. The van der Waals surface area contributed by atoms with E-state index in [1.54, 1.807) is 33.3 Å². The van der Waals surface area contributed by atoms with Gasteiger partial charge in [0.1, 0.15) is 11.8 Å². The molecular weight excluding hydrogens is 362 g/mol. The predicted octanol–water partition coefficient (Wildman–Crippen LogP) is 1.32. The number of ether oxygens (including phenoxy) is 1. The Balaban J connectivity index is 3.05. The number of carbonyl (C=O) groups excluding carboxylic acids is 3. The summed E-state index contributed by atoms with van der Waals surface area (Å²) in [5, 5.41) is 12.9. The molecule has 1 rings (SSSR count). The van der Waals surface area contributed by atoms with Gasteiger partial charge in [-0.15, -0.1) is 0 Å². The third-order valence-electron chi connectivity index (χ3n) is 4.38. The van der Waals surface area contributed by atoms with Gasteiger partial charge in [-0.05, 0) is 29.5 Å². The molecule has 8 heteroatoms. The average molecular weight is 393 g/mol. The molecule has 0 saturated carbocycles. The third-order valence-corrected chi connectivity index (χ3v) is 4.38. The lowest BCUT2D eigenvalue weighted by Gasteiger charge is -2.33. The van der Waals surface area contributed by atoms with Gasteiger partial charge in [-0.1, -0.05) is 32.9 Å². The van der Waals surface area contributed by atoms with Crippen molar-refractivity contribution in [1.82, 2.24) is 15.3 Å². The minimum Gasteiger partial charge on any atom is -0.497 e. The Bertz CT molecular complexity index is 667. The van der Waals surface area contributed by atoms with Crippen LogP contribution in [0.1, 0.15) is 26.3 Å². The van der Waals surface area contributed by atoms with Crippen LogP contribution in [-0.4, -0.2) is 67.2 Å². The molecular formula is C20H31N3O5. The molecule has 2 N–H and O–H groups in total. The predicted molar refractivity (Wildman–Crippen MR) is 105 cm³/mol. The average Bonchev–Trinajstić information content (AvgIpc) is 2.64. The van der Waals surface area contributed by atoms with E-state index in [1.807, 2.05) is 32.9 Å². The second kappa shape index (κ2) is 10.1. The van der Waals surface area contributed by atoms with Crippen molar-refractivity contribution < 1.29 is 24.3 Å². The third kappa shape index (κ3) is 6.84. The zero-order chi connectivity index (χ0) is 21.5. The van der Waals surface area contributed by atoms with Gasteiger partial charge >= 0.3 is 0 Å². The summed E-state index contributed by atoms with van der Waals surface area (Å²) in [6.07, 6.45) is 0.536. The highest BCUT2D eigenvalue weighted by Gasteiger charge is 2.35. The molecule has 1 aromatic carbocycles. The number of amides is 3. The van der Waals surface area contributed by atoms with E-state index in [4.69, 9.17) is 4.74 Å². The Morgan fingerprint density at radius 3 is 2.21 bits per heavy atom. The molecule has 0 aliphatic heterocycles. The number of hydrogen-bond donors (Lipinski definition) is 2. The van der Waals surface area contributed by atoms with Crippen LogP contribution in [0.5, 0.6) is 5.75 Å². The Morgan fingerprint density at radius 2 is 1.79 bits per heavy atom. The van der Waals surface area contributed by atoms with Crippen LogP contribution >= 0.6 is 0 Å². The monoisotopic (exact) mass is 393 g/mol. The molecule has 0 aromatic heterocycles. The van der Waals surface area contributed by atoms with E-state index in [0.717, 1.165) is 5.56 Å². The van der Waals surface area contributed by atoms with Crippen molar-refractivity contribution in [3.63, 3.8) is 0 Å². The van der Waals surface area contributed by atoms with Crippen molar-refractivity contribution in [1.29, 1.82) is 0 Å². The zero-order valence-corrected chi connectivity index (χ0v) is 17.4. The summed E-state index contributed by atoms with van der Waals surface area (Å²) >= 11 is 0. The molecule has 2 unspecified atom stereocenters. The first-order chi connectivity index (χ1) is 13.0. The summed E-state index contributed by atoms with van der Waals surface area (Å²) in [7, 11) is 4.82. The lowest BCUT2D eigenvalue weighted by Crippen LogP contribution is -2.55. The standard InChI is InChI=1S/C20H31N3O5/c1-20(2,3)17(19(26)22(4)5)21-18(25)15(12-23(27)13-24)11-14-7-9-16(28-6)10-8-14/h7-10,13,15,17,27H,11-12H2,1-6H3,(H,21,25). The lowest BCUT2D eigenvalue weighted by molar-refractivity contribution is -0.155. The van der Waals surface area contributed by atoms with Crippen LogP contribution in [0.15, 0.2) is 24.3 Å². The van der Waals surface area contributed by atoms with Crippen LogP contribution in [0.4, 0.5) is 0 Å². The quantitative estimate of drug-likeness (QED) is 0.375. The van der Waals surface area contributed by atoms with Gasteiger partial charge in [0, 0.05) is 14.1 Å². The first kappa shape index (κ1) is 23.4. The number of nitrogens with zero attached hydrogens (tertiary/aromatic N) is 2. The smallest absolute Gasteiger partial charge is 0.245 e. The van der Waals surface area contributed by atoms with E-state index >= 15 is 0 Å². The fourth-order valence-corrected chi connectivity index (χ4v) is 2.72. The number of methoxy groups -OCH3 is 1. The molecule has 28 heavy (non-hydrogen) atoms. The van der Waals surface area contributed by atoms with Crippen molar-refractivity contribution in [3.05, 3.63) is 29.8 Å². The van der Waals surface area contributed by atoms with Crippen molar-refractivity contribution in [3.8, 4) is 5.75 Å². The van der Waals surface area contributed by atoms with Gasteiger partial charge in [-0.2, -0.15) is 0 Å². The molecule has 0 spiro atoms. The summed E-state index contributed by atoms with van der Waals surface area (Å²) in [6, 6.07) is 6.43. The second-order valence-corrected chi connectivity index (χ2v) is 8.02. The highest BCUT2D eigenvalue weighted by Crippen LogP contribution is 2.22. The lowest BCUT2D eigenvalue weighted by atomic mass is 9.85. The zero-order valence-electron chi connectivity index (χ0n) is 17.4. The van der Waals surface area contributed by atoms with Crippen LogP contribution in [0.25, 0.3) is 0 Å². The molecule has 3 amide bonds. The van der Waals surface area contributed by atoms with Crippen molar-refractivity contribution >= 4 is 18.2 Å². The normalized spacial score (nSPS) is 13.2. The fourth-order valence-electron chi connectivity index (χ4n) is 2.72. The topological polar surface area (TPSA) is 99.2 Å². The van der Waals surface area contributed by atoms with Gasteiger partial charge in [0.25, 0.3) is 0 Å². The van der Waals surface area contributed by atoms with Gasteiger partial charge in [-0.3, -0.25) is 19.6 Å². The SMILES string of the molecule is COc1ccc(CC(CN(O)C=O)C(=O)NC(C(=O)N(C)C)C(C)(C)C)cc1. The number of nitrogens with one attached hydrogen (secondary N) is 1. The van der Waals surface area contributed by atoms with E-state index in [0.29, 0.717) is 10.8 Å². The van der Waals surface area contributed by atoms with Gasteiger partial charge in [0.2, 0.25) is 18.2 Å². The first-order valence-corrected chi connectivity index (χ1v) is 9.04. The minimum atomic E-state index is -0.739. The molecule has 0 aliphatic carbocycles. The summed E-state index contributed by atoms with van der Waals surface area (Å²) in [6.45, 7) is 5.40. The maximum absolute atomic E-state index is 12.9. The van der Waals surface area contributed by atoms with Gasteiger partial charge < -0.3 is 15.0 Å². The summed E-state index contributed by atoms with van der Waals surface area (Å²) in [5.41, 5.74) is 0.331. The molecule has 0 radical (unpaired) electrons. The van der Waals surface area contributed by atoms with Gasteiger partial charge in [-0.25, -0.2) is 5.06 Å². The van der Waals surface area contributed by atoms with Crippen molar-refractivity contribution in [2.45, 2.75) is 33.2 Å². The van der Waals surface area contributed by atoms with Crippen LogP contribution in [-0.2, 0) is 20.8 Å². The highest BCUT2D eigenvalue weighted by atomic mass is 16.5. The summed E-state index contributed by atoms with van der Waals surface area (Å²) in [5.74, 6) is -0.679. The number of carbonyl (C=O) groups is 3. The second-order valence-electron chi connectivity index (χ2n) is 8.02. The van der Waals surface area contributed by atoms with Crippen LogP contribution in [0.2, 0.25) is 0 Å². The molecule has 0 heterocycles. The van der Waals surface area contributed by atoms with Gasteiger partial charge in [0.15, 0.2) is 0 Å². The van der Waals surface area contributed by atoms with E-state index in [1.165, 1.54) is 4.90 Å².